The standard InChI is InChI=1S/C16H14BrFN2O/c1-10(11-3-6-16(21-2)14(17)8-11)20-15-5-4-13(18)7-12(15)9-19/h3-8,10,20H,1-2H3. The third-order valence-electron chi connectivity index (χ3n) is 3.15. The maximum atomic E-state index is 13.1. The Bertz CT molecular complexity index is 697. The Hall–Kier alpha value is -2.06. The van der Waals surface area contributed by atoms with Gasteiger partial charge in [-0.2, -0.15) is 5.26 Å². The van der Waals surface area contributed by atoms with E-state index in [4.69, 9.17) is 10.00 Å². The Balaban J connectivity index is 2.24. The van der Waals surface area contributed by atoms with E-state index in [1.54, 1.807) is 13.2 Å². The zero-order valence-electron chi connectivity index (χ0n) is 11.7. The average molecular weight is 349 g/mol. The Labute approximate surface area is 131 Å². The number of hydrogen-bond donors (Lipinski definition) is 1. The molecule has 0 saturated heterocycles. The van der Waals surface area contributed by atoms with Crippen molar-refractivity contribution in [2.45, 2.75) is 13.0 Å². The molecule has 0 amide bonds. The van der Waals surface area contributed by atoms with Gasteiger partial charge in [-0.05, 0) is 58.7 Å². The fraction of sp³-hybridized carbons (Fsp3) is 0.188. The van der Waals surface area contributed by atoms with E-state index in [0.29, 0.717) is 5.69 Å². The van der Waals surface area contributed by atoms with Gasteiger partial charge in [0.1, 0.15) is 17.6 Å². The molecule has 0 radical (unpaired) electrons. The SMILES string of the molecule is COc1ccc(C(C)Nc2ccc(F)cc2C#N)cc1Br. The number of ether oxygens (including phenoxy) is 1. The van der Waals surface area contributed by atoms with E-state index in [9.17, 15) is 4.39 Å². The van der Waals surface area contributed by atoms with Crippen LogP contribution in [0.3, 0.4) is 0 Å². The smallest absolute Gasteiger partial charge is 0.133 e. The first-order valence-corrected chi connectivity index (χ1v) is 7.14. The van der Waals surface area contributed by atoms with Crippen molar-refractivity contribution in [3.05, 3.63) is 57.8 Å². The van der Waals surface area contributed by atoms with Gasteiger partial charge in [-0.1, -0.05) is 6.07 Å². The van der Waals surface area contributed by atoms with Crippen LogP contribution in [-0.2, 0) is 0 Å². The number of rotatable bonds is 4. The predicted octanol–water partition coefficient (Wildman–Crippen LogP) is 4.64. The molecule has 0 spiro atoms. The van der Waals surface area contributed by atoms with Crippen LogP contribution in [0.5, 0.6) is 5.75 Å². The van der Waals surface area contributed by atoms with Crippen LogP contribution in [0.2, 0.25) is 0 Å². The molecule has 1 unspecified atom stereocenters. The van der Waals surface area contributed by atoms with Crippen LogP contribution < -0.4 is 10.1 Å². The van der Waals surface area contributed by atoms with Crippen LogP contribution in [-0.4, -0.2) is 7.11 Å². The molecule has 0 aromatic heterocycles. The molecule has 0 aliphatic rings. The summed E-state index contributed by atoms with van der Waals surface area (Å²) in [6.45, 7) is 1.97. The van der Waals surface area contributed by atoms with Gasteiger partial charge in [-0.3, -0.25) is 0 Å². The van der Waals surface area contributed by atoms with Crippen molar-refractivity contribution >= 4 is 21.6 Å². The normalized spacial score (nSPS) is 11.6. The highest BCUT2D eigenvalue weighted by atomic mass is 79.9. The van der Waals surface area contributed by atoms with Gasteiger partial charge in [-0.25, -0.2) is 4.39 Å². The number of nitrogens with zero attached hydrogens (tertiary/aromatic N) is 1. The lowest BCUT2D eigenvalue weighted by atomic mass is 10.1. The second-order valence-corrected chi connectivity index (χ2v) is 5.42. The predicted molar refractivity (Wildman–Crippen MR) is 83.8 cm³/mol. The summed E-state index contributed by atoms with van der Waals surface area (Å²) in [6, 6.07) is 11.8. The maximum absolute atomic E-state index is 13.1. The molecule has 2 rings (SSSR count). The van der Waals surface area contributed by atoms with E-state index >= 15 is 0 Å². The van der Waals surface area contributed by atoms with Gasteiger partial charge in [0, 0.05) is 6.04 Å². The lowest BCUT2D eigenvalue weighted by Gasteiger charge is -2.17. The minimum Gasteiger partial charge on any atom is -0.496 e. The summed E-state index contributed by atoms with van der Waals surface area (Å²) in [4.78, 5) is 0. The lowest BCUT2D eigenvalue weighted by molar-refractivity contribution is 0.412. The number of nitriles is 1. The first-order valence-electron chi connectivity index (χ1n) is 6.34. The molecule has 1 atom stereocenters. The van der Waals surface area contributed by atoms with Gasteiger partial charge in [0.15, 0.2) is 0 Å². The number of anilines is 1. The van der Waals surface area contributed by atoms with E-state index < -0.39 is 5.82 Å². The van der Waals surface area contributed by atoms with Crippen LogP contribution >= 0.6 is 15.9 Å². The number of nitrogens with one attached hydrogen (secondary N) is 1. The van der Waals surface area contributed by atoms with Crippen LogP contribution in [0, 0.1) is 17.1 Å². The molecule has 0 bridgehead atoms. The zero-order chi connectivity index (χ0) is 15.4. The van der Waals surface area contributed by atoms with Crippen molar-refractivity contribution in [3.63, 3.8) is 0 Å². The molecule has 21 heavy (non-hydrogen) atoms. The van der Waals surface area contributed by atoms with E-state index in [1.165, 1.54) is 12.1 Å². The molecule has 2 aromatic carbocycles. The van der Waals surface area contributed by atoms with E-state index in [-0.39, 0.29) is 11.6 Å². The summed E-state index contributed by atoms with van der Waals surface area (Å²) in [5, 5.41) is 12.3. The Morgan fingerprint density at radius 2 is 2.05 bits per heavy atom. The van der Waals surface area contributed by atoms with Crippen LogP contribution in [0.25, 0.3) is 0 Å². The van der Waals surface area contributed by atoms with Crippen molar-refractivity contribution in [2.75, 3.05) is 12.4 Å². The summed E-state index contributed by atoms with van der Waals surface area (Å²) in [7, 11) is 1.61. The summed E-state index contributed by atoms with van der Waals surface area (Å²) in [5.41, 5.74) is 1.92. The van der Waals surface area contributed by atoms with E-state index in [0.717, 1.165) is 15.8 Å². The average Bonchev–Trinajstić information content (AvgIpc) is 2.48. The van der Waals surface area contributed by atoms with Gasteiger partial charge in [0.25, 0.3) is 0 Å². The van der Waals surface area contributed by atoms with E-state index in [1.807, 2.05) is 31.2 Å². The monoisotopic (exact) mass is 348 g/mol. The lowest BCUT2D eigenvalue weighted by Crippen LogP contribution is -2.08. The van der Waals surface area contributed by atoms with Crippen molar-refractivity contribution in [2.24, 2.45) is 0 Å². The van der Waals surface area contributed by atoms with Crippen LogP contribution in [0.4, 0.5) is 10.1 Å². The number of methoxy groups -OCH3 is 1. The van der Waals surface area contributed by atoms with Crippen LogP contribution in [0.1, 0.15) is 24.1 Å². The topological polar surface area (TPSA) is 45.0 Å². The molecule has 0 aliphatic carbocycles. The molecule has 0 aliphatic heterocycles. The second-order valence-electron chi connectivity index (χ2n) is 4.56. The molecule has 5 heteroatoms. The minimum absolute atomic E-state index is 0.0373. The van der Waals surface area contributed by atoms with Gasteiger partial charge < -0.3 is 10.1 Å². The number of halogens is 2. The highest BCUT2D eigenvalue weighted by molar-refractivity contribution is 9.10. The third-order valence-corrected chi connectivity index (χ3v) is 3.77. The first-order chi connectivity index (χ1) is 10.0. The fourth-order valence-corrected chi connectivity index (χ4v) is 2.56. The molecule has 0 heterocycles. The summed E-state index contributed by atoms with van der Waals surface area (Å²) in [6.07, 6.45) is 0. The Kier molecular flexibility index (Phi) is 4.81. The van der Waals surface area contributed by atoms with Crippen molar-refractivity contribution in [1.29, 1.82) is 5.26 Å². The fourth-order valence-electron chi connectivity index (χ4n) is 2.00. The number of benzene rings is 2. The van der Waals surface area contributed by atoms with E-state index in [2.05, 4.69) is 21.2 Å². The molecular weight excluding hydrogens is 335 g/mol. The molecule has 2 aromatic rings. The van der Waals surface area contributed by atoms with Gasteiger partial charge in [0.2, 0.25) is 0 Å². The summed E-state index contributed by atoms with van der Waals surface area (Å²) >= 11 is 3.44. The molecule has 0 saturated carbocycles. The Morgan fingerprint density at radius 3 is 2.67 bits per heavy atom. The van der Waals surface area contributed by atoms with Crippen molar-refractivity contribution in [1.82, 2.24) is 0 Å². The van der Waals surface area contributed by atoms with Crippen molar-refractivity contribution < 1.29 is 9.13 Å². The Morgan fingerprint density at radius 1 is 1.29 bits per heavy atom. The third kappa shape index (κ3) is 3.53. The highest BCUT2D eigenvalue weighted by Crippen LogP contribution is 2.30. The number of hydrogen-bond acceptors (Lipinski definition) is 3. The highest BCUT2D eigenvalue weighted by Gasteiger charge is 2.11. The second kappa shape index (κ2) is 6.59. The van der Waals surface area contributed by atoms with Gasteiger partial charge in [0.05, 0.1) is 22.8 Å². The van der Waals surface area contributed by atoms with Crippen LogP contribution in [0.15, 0.2) is 40.9 Å². The molecule has 0 fully saturated rings. The quantitative estimate of drug-likeness (QED) is 0.875. The largest absolute Gasteiger partial charge is 0.496 e. The molecule has 1 N–H and O–H groups in total. The van der Waals surface area contributed by atoms with Gasteiger partial charge >= 0.3 is 0 Å². The molecular formula is C16H14BrFN2O. The molecule has 3 nitrogen and oxygen atoms in total. The first kappa shape index (κ1) is 15.3. The maximum Gasteiger partial charge on any atom is 0.133 e. The van der Waals surface area contributed by atoms with Crippen molar-refractivity contribution in [3.8, 4) is 11.8 Å². The zero-order valence-corrected chi connectivity index (χ0v) is 13.2. The summed E-state index contributed by atoms with van der Waals surface area (Å²) < 4.78 is 19.2. The molecule has 108 valence electrons. The summed E-state index contributed by atoms with van der Waals surface area (Å²) in [5.74, 6) is 0.336. The van der Waals surface area contributed by atoms with Gasteiger partial charge in [-0.15, -0.1) is 0 Å². The minimum atomic E-state index is -0.419.